The summed E-state index contributed by atoms with van der Waals surface area (Å²) in [6.07, 6.45) is 5.57. The summed E-state index contributed by atoms with van der Waals surface area (Å²) in [7, 11) is 3.09. The Labute approximate surface area is 185 Å². The number of unbranched alkanes of at least 4 members (excludes halogenated alkanes) is 1. The molecule has 31 heavy (non-hydrogen) atoms. The van der Waals surface area contributed by atoms with Crippen molar-refractivity contribution in [3.63, 3.8) is 0 Å². The highest BCUT2D eigenvalue weighted by molar-refractivity contribution is 6.01. The summed E-state index contributed by atoms with van der Waals surface area (Å²) >= 11 is 0. The number of ether oxygens (including phenoxy) is 4. The Morgan fingerprint density at radius 2 is 1.94 bits per heavy atom. The molecule has 1 unspecified atom stereocenters. The molecule has 172 valence electrons. The van der Waals surface area contributed by atoms with Gasteiger partial charge < -0.3 is 23.8 Å². The number of rotatable bonds is 8. The fraction of sp³-hybridized carbons (Fsp3) is 0.667. The van der Waals surface area contributed by atoms with Gasteiger partial charge in [-0.25, -0.2) is 4.79 Å². The fourth-order valence-electron chi connectivity index (χ4n) is 4.41. The number of hydrogen-bond acceptors (Lipinski definition) is 6. The number of carbonyl (C=O) groups excluding carboxylic acids is 2. The van der Waals surface area contributed by atoms with Crippen molar-refractivity contribution in [3.05, 3.63) is 17.7 Å². The van der Waals surface area contributed by atoms with Crippen LogP contribution in [0.25, 0.3) is 0 Å². The predicted octanol–water partition coefficient (Wildman–Crippen LogP) is 4.86. The van der Waals surface area contributed by atoms with E-state index < -0.39 is 5.60 Å². The molecule has 0 saturated carbocycles. The number of piperidine rings is 1. The summed E-state index contributed by atoms with van der Waals surface area (Å²) in [5, 5.41) is 0. The molecule has 0 bridgehead atoms. The minimum Gasteiger partial charge on any atom is -0.493 e. The van der Waals surface area contributed by atoms with E-state index in [0.29, 0.717) is 67.7 Å². The third kappa shape index (κ3) is 5.08. The lowest BCUT2D eigenvalue weighted by Crippen LogP contribution is -2.52. The summed E-state index contributed by atoms with van der Waals surface area (Å²) in [5.41, 5.74) is -0.115. The van der Waals surface area contributed by atoms with Gasteiger partial charge in [0.15, 0.2) is 17.3 Å². The van der Waals surface area contributed by atoms with Crippen molar-refractivity contribution in [3.8, 4) is 17.2 Å². The van der Waals surface area contributed by atoms with E-state index in [4.69, 9.17) is 18.9 Å². The van der Waals surface area contributed by atoms with Gasteiger partial charge in [0.1, 0.15) is 5.60 Å². The molecule has 1 saturated heterocycles. The second-order valence-electron chi connectivity index (χ2n) is 8.54. The number of hydrogen-bond donors (Lipinski definition) is 0. The smallest absolute Gasteiger partial charge is 0.409 e. The Bertz CT molecular complexity index is 785. The van der Waals surface area contributed by atoms with Crippen molar-refractivity contribution in [1.82, 2.24) is 4.90 Å². The Kier molecular flexibility index (Phi) is 7.68. The lowest BCUT2D eigenvalue weighted by molar-refractivity contribution is -0.0122. The van der Waals surface area contributed by atoms with E-state index in [-0.39, 0.29) is 11.9 Å². The van der Waals surface area contributed by atoms with Gasteiger partial charge in [0, 0.05) is 25.9 Å². The third-order valence-electron chi connectivity index (χ3n) is 6.52. The Morgan fingerprint density at radius 1 is 1.19 bits per heavy atom. The quantitative estimate of drug-likeness (QED) is 0.583. The predicted molar refractivity (Wildman–Crippen MR) is 117 cm³/mol. The summed E-state index contributed by atoms with van der Waals surface area (Å²) in [5.74, 6) is 1.85. The molecule has 0 radical (unpaired) electrons. The van der Waals surface area contributed by atoms with Crippen LogP contribution in [0.15, 0.2) is 12.1 Å². The van der Waals surface area contributed by atoms with E-state index in [1.54, 1.807) is 24.1 Å². The molecule has 7 nitrogen and oxygen atoms in total. The van der Waals surface area contributed by atoms with Crippen LogP contribution >= 0.6 is 0 Å². The number of ketones is 1. The zero-order valence-corrected chi connectivity index (χ0v) is 19.2. The van der Waals surface area contributed by atoms with Gasteiger partial charge in [0.05, 0.1) is 32.8 Å². The maximum Gasteiger partial charge on any atom is 0.409 e. The van der Waals surface area contributed by atoms with Crippen LogP contribution in [-0.2, 0) is 4.74 Å². The molecule has 1 aromatic rings. The average molecular weight is 434 g/mol. The maximum atomic E-state index is 12.9. The molecular weight excluding hydrogens is 398 g/mol. The van der Waals surface area contributed by atoms with Gasteiger partial charge in [-0.2, -0.15) is 0 Å². The van der Waals surface area contributed by atoms with Gasteiger partial charge in [0.2, 0.25) is 5.75 Å². The first kappa shape index (κ1) is 23.2. The van der Waals surface area contributed by atoms with Gasteiger partial charge in [-0.1, -0.05) is 33.1 Å². The summed E-state index contributed by atoms with van der Waals surface area (Å²) in [6, 6.07) is 3.45. The van der Waals surface area contributed by atoms with Gasteiger partial charge in [-0.05, 0) is 24.5 Å². The van der Waals surface area contributed by atoms with E-state index in [0.717, 1.165) is 25.7 Å². The molecule has 2 heterocycles. The molecular formula is C24H35NO6. The summed E-state index contributed by atoms with van der Waals surface area (Å²) in [6.45, 7) is 5.77. The third-order valence-corrected chi connectivity index (χ3v) is 6.52. The molecule has 1 fully saturated rings. The lowest BCUT2D eigenvalue weighted by Gasteiger charge is -2.43. The number of Topliss-reactive ketones (excluding diaryl/α,β-unsaturated/α-hetero) is 1. The van der Waals surface area contributed by atoms with E-state index in [1.807, 2.05) is 0 Å². The first-order chi connectivity index (χ1) is 15.0. The Morgan fingerprint density at radius 3 is 2.55 bits per heavy atom. The van der Waals surface area contributed by atoms with Crippen LogP contribution in [0, 0.1) is 5.92 Å². The van der Waals surface area contributed by atoms with Crippen LogP contribution in [-0.4, -0.2) is 56.3 Å². The second-order valence-corrected chi connectivity index (χ2v) is 8.54. The zero-order chi connectivity index (χ0) is 22.4. The zero-order valence-electron chi connectivity index (χ0n) is 19.2. The number of methoxy groups -OCH3 is 2. The average Bonchev–Trinajstić information content (AvgIpc) is 2.78. The van der Waals surface area contributed by atoms with E-state index in [2.05, 4.69) is 13.8 Å². The van der Waals surface area contributed by atoms with Crippen LogP contribution in [0.3, 0.4) is 0 Å². The minimum absolute atomic E-state index is 0.0277. The number of nitrogens with zero attached hydrogens (tertiary/aromatic N) is 1. The standard InChI is InChI=1S/C24H35NO6/c1-5-7-8-17(6-2)16-30-23(27)25-13-11-24(12-14-25)15-19(26)18-9-10-20(28-3)22(29-4)21(18)31-24/h9-10,17H,5-8,11-16H2,1-4H3. The summed E-state index contributed by atoms with van der Waals surface area (Å²) in [4.78, 5) is 27.2. The molecule has 1 amide bonds. The van der Waals surface area contributed by atoms with E-state index >= 15 is 0 Å². The highest BCUT2D eigenvalue weighted by atomic mass is 16.6. The number of fused-ring (bicyclic) bond motifs is 1. The Hall–Kier alpha value is -2.44. The molecule has 1 spiro atoms. The monoisotopic (exact) mass is 433 g/mol. The Balaban J connectivity index is 1.62. The highest BCUT2D eigenvalue weighted by Crippen LogP contribution is 2.47. The van der Waals surface area contributed by atoms with Crippen LogP contribution in [0.2, 0.25) is 0 Å². The first-order valence-electron chi connectivity index (χ1n) is 11.4. The molecule has 1 aromatic carbocycles. The van der Waals surface area contributed by atoms with Crippen molar-refractivity contribution in [2.75, 3.05) is 33.9 Å². The fourth-order valence-corrected chi connectivity index (χ4v) is 4.41. The van der Waals surface area contributed by atoms with Crippen molar-refractivity contribution in [2.45, 2.75) is 64.4 Å². The number of carbonyl (C=O) groups is 2. The molecule has 2 aliphatic rings. The van der Waals surface area contributed by atoms with Crippen LogP contribution in [0.1, 0.15) is 69.2 Å². The molecule has 2 aliphatic heterocycles. The van der Waals surface area contributed by atoms with Gasteiger partial charge in [-0.3, -0.25) is 4.79 Å². The van der Waals surface area contributed by atoms with Crippen molar-refractivity contribution >= 4 is 11.9 Å². The van der Waals surface area contributed by atoms with Gasteiger partial charge >= 0.3 is 6.09 Å². The van der Waals surface area contributed by atoms with E-state index in [1.165, 1.54) is 7.11 Å². The SMILES string of the molecule is CCCCC(CC)COC(=O)N1CCC2(CC1)CC(=O)c1ccc(OC)c(OC)c1O2. The topological polar surface area (TPSA) is 74.3 Å². The summed E-state index contributed by atoms with van der Waals surface area (Å²) < 4.78 is 22.8. The number of benzene rings is 1. The first-order valence-corrected chi connectivity index (χ1v) is 11.4. The van der Waals surface area contributed by atoms with Crippen LogP contribution in [0.4, 0.5) is 4.79 Å². The molecule has 0 N–H and O–H groups in total. The largest absolute Gasteiger partial charge is 0.493 e. The van der Waals surface area contributed by atoms with Gasteiger partial charge in [0.25, 0.3) is 0 Å². The maximum absolute atomic E-state index is 12.9. The normalized spacial score (nSPS) is 18.2. The molecule has 0 aromatic heterocycles. The second kappa shape index (κ2) is 10.2. The molecule has 0 aliphatic carbocycles. The highest BCUT2D eigenvalue weighted by Gasteiger charge is 2.45. The van der Waals surface area contributed by atoms with Crippen LogP contribution in [0.5, 0.6) is 17.2 Å². The molecule has 1 atom stereocenters. The molecule has 3 rings (SSSR count). The van der Waals surface area contributed by atoms with Crippen molar-refractivity contribution < 1.29 is 28.5 Å². The van der Waals surface area contributed by atoms with Crippen molar-refractivity contribution in [1.29, 1.82) is 0 Å². The van der Waals surface area contributed by atoms with Gasteiger partial charge in [-0.15, -0.1) is 0 Å². The number of amides is 1. The van der Waals surface area contributed by atoms with E-state index in [9.17, 15) is 9.59 Å². The van der Waals surface area contributed by atoms with Crippen LogP contribution < -0.4 is 14.2 Å². The van der Waals surface area contributed by atoms with Crippen molar-refractivity contribution in [2.24, 2.45) is 5.92 Å². The number of likely N-dealkylation sites (tertiary alicyclic amines) is 1. The molecule has 7 heteroatoms. The minimum atomic E-state index is -0.631. The lowest BCUT2D eigenvalue weighted by atomic mass is 9.82.